The van der Waals surface area contributed by atoms with Gasteiger partial charge in [-0.25, -0.2) is 13.4 Å². The molecule has 0 saturated heterocycles. The van der Waals surface area contributed by atoms with Crippen molar-refractivity contribution in [2.24, 2.45) is 0 Å². The third-order valence-electron chi connectivity index (χ3n) is 2.90. The van der Waals surface area contributed by atoms with Crippen LogP contribution in [0.25, 0.3) is 0 Å². The summed E-state index contributed by atoms with van der Waals surface area (Å²) in [6.07, 6.45) is 1.13. The lowest BCUT2D eigenvalue weighted by molar-refractivity contribution is 0.0781. The molecule has 0 aliphatic carbocycles. The monoisotopic (exact) mass is 308 g/mol. The number of amides is 1. The first-order valence-electron chi connectivity index (χ1n) is 6.21. The number of rotatable bonds is 4. The number of carbonyl (C=O) groups is 1. The first-order valence-corrected chi connectivity index (χ1v) is 8.10. The van der Waals surface area contributed by atoms with Crippen molar-refractivity contribution in [3.05, 3.63) is 41.5 Å². The third-order valence-corrected chi connectivity index (χ3v) is 4.03. The van der Waals surface area contributed by atoms with Gasteiger partial charge in [0.05, 0.1) is 11.4 Å². The molecule has 0 aliphatic rings. The molecule has 0 spiro atoms. The lowest BCUT2D eigenvalue weighted by Gasteiger charge is -2.15. The van der Waals surface area contributed by atoms with Gasteiger partial charge >= 0.3 is 0 Å². The van der Waals surface area contributed by atoms with Crippen molar-refractivity contribution in [3.8, 4) is 0 Å². The molecular formula is C13H16N4O3S. The van der Waals surface area contributed by atoms with E-state index in [0.717, 1.165) is 6.26 Å². The maximum Gasteiger partial charge on any atom is 0.254 e. The molecule has 8 heteroatoms. The molecule has 21 heavy (non-hydrogen) atoms. The van der Waals surface area contributed by atoms with E-state index in [9.17, 15) is 13.2 Å². The fourth-order valence-corrected chi connectivity index (χ4v) is 2.44. The number of hydrogen-bond donors (Lipinski definition) is 1. The van der Waals surface area contributed by atoms with Gasteiger partial charge in [0.2, 0.25) is 0 Å². The molecule has 112 valence electrons. The van der Waals surface area contributed by atoms with Crippen LogP contribution in [0, 0.1) is 6.92 Å². The van der Waals surface area contributed by atoms with Crippen molar-refractivity contribution < 1.29 is 13.2 Å². The number of H-pyrrole nitrogens is 1. The van der Waals surface area contributed by atoms with Crippen molar-refractivity contribution >= 4 is 15.7 Å². The van der Waals surface area contributed by atoms with Crippen LogP contribution in [0.3, 0.4) is 0 Å². The van der Waals surface area contributed by atoms with E-state index in [-0.39, 0.29) is 17.3 Å². The highest BCUT2D eigenvalue weighted by atomic mass is 32.2. The van der Waals surface area contributed by atoms with Crippen LogP contribution in [0.4, 0.5) is 0 Å². The van der Waals surface area contributed by atoms with E-state index >= 15 is 0 Å². The third kappa shape index (κ3) is 3.66. The van der Waals surface area contributed by atoms with Gasteiger partial charge in [0.25, 0.3) is 5.91 Å². The number of sulfone groups is 1. The summed E-state index contributed by atoms with van der Waals surface area (Å²) in [4.78, 5) is 18.0. The molecule has 1 aromatic carbocycles. The topological polar surface area (TPSA) is 96.0 Å². The lowest BCUT2D eigenvalue weighted by atomic mass is 10.2. The molecule has 0 fully saturated rings. The molecule has 1 aromatic heterocycles. The van der Waals surface area contributed by atoms with Crippen molar-refractivity contribution in [3.63, 3.8) is 0 Å². The highest BCUT2D eigenvalue weighted by molar-refractivity contribution is 7.90. The van der Waals surface area contributed by atoms with Crippen LogP contribution in [-0.4, -0.2) is 47.7 Å². The molecule has 0 unspecified atom stereocenters. The van der Waals surface area contributed by atoms with Gasteiger partial charge < -0.3 is 4.90 Å². The van der Waals surface area contributed by atoms with E-state index in [1.165, 1.54) is 29.2 Å². The summed E-state index contributed by atoms with van der Waals surface area (Å²) in [6, 6.07) is 5.84. The Hall–Kier alpha value is -2.22. The minimum Gasteiger partial charge on any atom is -0.334 e. The van der Waals surface area contributed by atoms with Crippen molar-refractivity contribution in [1.29, 1.82) is 0 Å². The van der Waals surface area contributed by atoms with Crippen LogP contribution in [-0.2, 0) is 16.4 Å². The summed E-state index contributed by atoms with van der Waals surface area (Å²) in [5.74, 6) is 0.983. The molecule has 2 rings (SSSR count). The molecule has 1 heterocycles. The Kier molecular flexibility index (Phi) is 4.08. The summed E-state index contributed by atoms with van der Waals surface area (Å²) < 4.78 is 22.8. The highest BCUT2D eigenvalue weighted by Crippen LogP contribution is 2.12. The van der Waals surface area contributed by atoms with Crippen molar-refractivity contribution in [2.75, 3.05) is 13.3 Å². The first-order chi connectivity index (χ1) is 9.77. The van der Waals surface area contributed by atoms with Crippen LogP contribution in [0.5, 0.6) is 0 Å². The molecule has 2 aromatic rings. The van der Waals surface area contributed by atoms with Gasteiger partial charge in [0, 0.05) is 18.9 Å². The van der Waals surface area contributed by atoms with Crippen LogP contribution in [0.2, 0.25) is 0 Å². The molecule has 0 radical (unpaired) electrons. The first kappa shape index (κ1) is 15.2. The second kappa shape index (κ2) is 5.65. The average Bonchev–Trinajstić information content (AvgIpc) is 2.82. The summed E-state index contributed by atoms with van der Waals surface area (Å²) in [7, 11) is -1.62. The van der Waals surface area contributed by atoms with Gasteiger partial charge in [0.1, 0.15) is 5.82 Å². The molecule has 0 bridgehead atoms. The molecule has 7 nitrogen and oxygen atoms in total. The summed E-state index contributed by atoms with van der Waals surface area (Å²) in [6.45, 7) is 2.05. The van der Waals surface area contributed by atoms with E-state index in [1.54, 1.807) is 14.0 Å². The number of hydrogen-bond acceptors (Lipinski definition) is 5. The molecule has 0 atom stereocenters. The zero-order chi connectivity index (χ0) is 15.6. The highest BCUT2D eigenvalue weighted by Gasteiger charge is 2.15. The lowest BCUT2D eigenvalue weighted by Crippen LogP contribution is -2.26. The van der Waals surface area contributed by atoms with Gasteiger partial charge in [-0.15, -0.1) is 0 Å². The predicted molar refractivity (Wildman–Crippen MR) is 76.5 cm³/mol. The van der Waals surface area contributed by atoms with Gasteiger partial charge in [-0.05, 0) is 31.2 Å². The number of aryl methyl sites for hydroxylation is 1. The minimum absolute atomic E-state index is 0.186. The Bertz CT molecular complexity index is 750. The second-order valence-corrected chi connectivity index (χ2v) is 6.81. The number of carbonyl (C=O) groups excluding carboxylic acids is 1. The normalized spacial score (nSPS) is 11.4. The minimum atomic E-state index is -3.26. The summed E-state index contributed by atoms with van der Waals surface area (Å²) in [5.41, 5.74) is 0.414. The maximum absolute atomic E-state index is 12.2. The van der Waals surface area contributed by atoms with Crippen LogP contribution < -0.4 is 0 Å². The largest absolute Gasteiger partial charge is 0.334 e. The fraction of sp³-hybridized carbons (Fsp3) is 0.308. The summed E-state index contributed by atoms with van der Waals surface area (Å²) in [5, 5.41) is 6.68. The number of nitrogens with one attached hydrogen (secondary N) is 1. The molecule has 1 amide bonds. The molecular weight excluding hydrogens is 292 g/mol. The Labute approximate surface area is 122 Å². The van der Waals surface area contributed by atoms with E-state index in [0.29, 0.717) is 17.2 Å². The zero-order valence-electron chi connectivity index (χ0n) is 12.0. The van der Waals surface area contributed by atoms with E-state index in [4.69, 9.17) is 0 Å². The molecule has 0 aliphatic heterocycles. The van der Waals surface area contributed by atoms with Crippen molar-refractivity contribution in [1.82, 2.24) is 20.1 Å². The van der Waals surface area contributed by atoms with E-state index in [1.807, 2.05) is 0 Å². The Morgan fingerprint density at radius 1 is 1.29 bits per heavy atom. The van der Waals surface area contributed by atoms with Gasteiger partial charge in [0.15, 0.2) is 15.7 Å². The number of aromatic nitrogens is 3. The maximum atomic E-state index is 12.2. The van der Waals surface area contributed by atoms with Crippen molar-refractivity contribution in [2.45, 2.75) is 18.4 Å². The predicted octanol–water partition coefficient (Wildman–Crippen LogP) is 0.789. The Morgan fingerprint density at radius 3 is 2.38 bits per heavy atom. The number of benzene rings is 1. The number of aromatic amines is 1. The smallest absolute Gasteiger partial charge is 0.254 e. The van der Waals surface area contributed by atoms with Gasteiger partial charge in [-0.2, -0.15) is 5.10 Å². The SMILES string of the molecule is Cc1nc(CN(C)C(=O)c2ccc(S(C)(=O)=O)cc2)n[nH]1. The van der Waals surface area contributed by atoms with Crippen LogP contribution >= 0.6 is 0 Å². The Balaban J connectivity index is 2.12. The average molecular weight is 308 g/mol. The van der Waals surface area contributed by atoms with Crippen LogP contribution in [0.1, 0.15) is 22.0 Å². The van der Waals surface area contributed by atoms with E-state index in [2.05, 4.69) is 15.2 Å². The second-order valence-electron chi connectivity index (χ2n) is 4.79. The molecule has 0 saturated carbocycles. The quantitative estimate of drug-likeness (QED) is 0.900. The van der Waals surface area contributed by atoms with Gasteiger partial charge in [-0.3, -0.25) is 9.89 Å². The standard InChI is InChI=1S/C13H16N4O3S/c1-9-14-12(16-15-9)8-17(2)13(18)10-4-6-11(7-5-10)21(3,19)20/h4-7H,8H2,1-3H3,(H,14,15,16). The molecule has 1 N–H and O–H groups in total. The Morgan fingerprint density at radius 2 is 1.90 bits per heavy atom. The fourth-order valence-electron chi connectivity index (χ4n) is 1.81. The number of nitrogens with zero attached hydrogens (tertiary/aromatic N) is 3. The van der Waals surface area contributed by atoms with Crippen LogP contribution in [0.15, 0.2) is 29.2 Å². The summed E-state index contributed by atoms with van der Waals surface area (Å²) >= 11 is 0. The zero-order valence-corrected chi connectivity index (χ0v) is 12.8. The van der Waals surface area contributed by atoms with Gasteiger partial charge in [-0.1, -0.05) is 0 Å². The van der Waals surface area contributed by atoms with E-state index < -0.39 is 9.84 Å².